The monoisotopic (exact) mass is 363 g/mol. The fourth-order valence-corrected chi connectivity index (χ4v) is 3.85. The van der Waals surface area contributed by atoms with E-state index in [9.17, 15) is 5.26 Å². The van der Waals surface area contributed by atoms with E-state index in [1.807, 2.05) is 0 Å². The van der Waals surface area contributed by atoms with Crippen LogP contribution >= 0.6 is 0 Å². The van der Waals surface area contributed by atoms with Gasteiger partial charge in [0.25, 0.3) is 0 Å². The second-order valence-electron chi connectivity index (χ2n) is 7.29. The van der Waals surface area contributed by atoms with Gasteiger partial charge in [0.05, 0.1) is 5.69 Å². The first-order valence-corrected chi connectivity index (χ1v) is 9.98. The molecule has 2 aromatic rings. The van der Waals surface area contributed by atoms with Crippen molar-refractivity contribution in [1.82, 2.24) is 15.1 Å². The van der Waals surface area contributed by atoms with Crippen LogP contribution in [0.15, 0.2) is 24.3 Å². The van der Waals surface area contributed by atoms with Crippen molar-refractivity contribution >= 4 is 5.82 Å². The largest absolute Gasteiger partial charge is 0.365 e. The Hall–Kier alpha value is -2.45. The summed E-state index contributed by atoms with van der Waals surface area (Å²) in [5.41, 5.74) is 5.41. The predicted molar refractivity (Wildman–Crippen MR) is 109 cm³/mol. The number of nitrogens with one attached hydrogen (secondary N) is 1. The Bertz CT molecular complexity index is 816. The van der Waals surface area contributed by atoms with Crippen molar-refractivity contribution in [2.45, 2.75) is 59.0 Å². The summed E-state index contributed by atoms with van der Waals surface area (Å²) in [6.07, 6.45) is 3.72. The number of hydrogen-bond donors (Lipinski definition) is 1. The SMILES string of the molecule is CCc1nnc(NC2CCN(Cc3ccccc3C)CC2)c(C#N)c1CC. The van der Waals surface area contributed by atoms with Gasteiger partial charge in [-0.25, -0.2) is 0 Å². The van der Waals surface area contributed by atoms with Crippen molar-refractivity contribution in [2.75, 3.05) is 18.4 Å². The maximum Gasteiger partial charge on any atom is 0.167 e. The fraction of sp³-hybridized carbons (Fsp3) is 0.500. The molecule has 1 aromatic heterocycles. The highest BCUT2D eigenvalue weighted by atomic mass is 15.2. The molecule has 5 nitrogen and oxygen atoms in total. The van der Waals surface area contributed by atoms with Gasteiger partial charge in [-0.15, -0.1) is 5.10 Å². The number of aryl methyl sites for hydroxylation is 2. The molecule has 2 heterocycles. The van der Waals surface area contributed by atoms with Crippen molar-refractivity contribution in [2.24, 2.45) is 0 Å². The maximum absolute atomic E-state index is 9.65. The van der Waals surface area contributed by atoms with Gasteiger partial charge in [-0.2, -0.15) is 10.4 Å². The minimum Gasteiger partial charge on any atom is -0.365 e. The highest BCUT2D eigenvalue weighted by Crippen LogP contribution is 2.23. The molecule has 3 rings (SSSR count). The van der Waals surface area contributed by atoms with Gasteiger partial charge < -0.3 is 5.32 Å². The van der Waals surface area contributed by atoms with E-state index >= 15 is 0 Å². The van der Waals surface area contributed by atoms with Crippen LogP contribution in [0.3, 0.4) is 0 Å². The van der Waals surface area contributed by atoms with Crippen molar-refractivity contribution in [3.05, 3.63) is 52.2 Å². The van der Waals surface area contributed by atoms with Crippen LogP contribution in [-0.2, 0) is 19.4 Å². The number of hydrogen-bond acceptors (Lipinski definition) is 5. The lowest BCUT2D eigenvalue weighted by atomic mass is 10.0. The van der Waals surface area contributed by atoms with Crippen LogP contribution in [0.2, 0.25) is 0 Å². The zero-order chi connectivity index (χ0) is 19.2. The number of nitriles is 1. The van der Waals surface area contributed by atoms with E-state index in [1.54, 1.807) is 0 Å². The van der Waals surface area contributed by atoms with Gasteiger partial charge in [-0.1, -0.05) is 38.1 Å². The average Bonchev–Trinajstić information content (AvgIpc) is 2.70. The van der Waals surface area contributed by atoms with Crippen LogP contribution in [0.25, 0.3) is 0 Å². The van der Waals surface area contributed by atoms with Gasteiger partial charge in [0, 0.05) is 25.7 Å². The summed E-state index contributed by atoms with van der Waals surface area (Å²) in [5, 5.41) is 21.8. The molecular weight excluding hydrogens is 334 g/mol. The standard InChI is InChI=1S/C22H29N5/c1-4-19-20(14-23)22(26-25-21(19)5-2)24-18-10-12-27(13-11-18)15-17-9-7-6-8-16(17)3/h6-9,18H,4-5,10-13,15H2,1-3H3,(H,24,26). The molecule has 1 fully saturated rings. The first kappa shape index (κ1) is 19.3. The molecule has 27 heavy (non-hydrogen) atoms. The van der Waals surface area contributed by atoms with Gasteiger partial charge in [-0.05, 0) is 49.3 Å². The molecule has 1 N–H and O–H groups in total. The van der Waals surface area contributed by atoms with Crippen molar-refractivity contribution in [1.29, 1.82) is 5.26 Å². The first-order valence-electron chi connectivity index (χ1n) is 9.98. The summed E-state index contributed by atoms with van der Waals surface area (Å²) in [4.78, 5) is 2.51. The van der Waals surface area contributed by atoms with Crippen molar-refractivity contribution in [3.63, 3.8) is 0 Å². The van der Waals surface area contributed by atoms with Crippen LogP contribution in [0, 0.1) is 18.3 Å². The highest BCUT2D eigenvalue weighted by Gasteiger charge is 2.22. The molecule has 142 valence electrons. The smallest absolute Gasteiger partial charge is 0.167 e. The van der Waals surface area contributed by atoms with Gasteiger partial charge >= 0.3 is 0 Å². The van der Waals surface area contributed by atoms with Crippen LogP contribution < -0.4 is 5.32 Å². The van der Waals surface area contributed by atoms with Crippen LogP contribution in [0.1, 0.15) is 54.6 Å². The van der Waals surface area contributed by atoms with E-state index in [-0.39, 0.29) is 0 Å². The fourth-order valence-electron chi connectivity index (χ4n) is 3.85. The third-order valence-electron chi connectivity index (χ3n) is 5.54. The topological polar surface area (TPSA) is 64.8 Å². The molecular formula is C22H29N5. The number of nitrogens with zero attached hydrogens (tertiary/aromatic N) is 4. The lowest BCUT2D eigenvalue weighted by molar-refractivity contribution is 0.211. The number of benzene rings is 1. The molecule has 1 aliphatic rings. The Morgan fingerprint density at radius 3 is 2.52 bits per heavy atom. The zero-order valence-electron chi connectivity index (χ0n) is 16.6. The van der Waals surface area contributed by atoms with Gasteiger partial charge in [-0.3, -0.25) is 4.90 Å². The molecule has 0 radical (unpaired) electrons. The maximum atomic E-state index is 9.65. The van der Waals surface area contributed by atoms with E-state index in [2.05, 4.69) is 71.5 Å². The summed E-state index contributed by atoms with van der Waals surface area (Å²) in [6, 6.07) is 11.3. The molecule has 1 aliphatic heterocycles. The second-order valence-corrected chi connectivity index (χ2v) is 7.29. The number of rotatable bonds is 6. The Labute approximate surface area is 162 Å². The minimum atomic E-state index is 0.344. The summed E-state index contributed by atoms with van der Waals surface area (Å²) < 4.78 is 0. The molecule has 0 unspecified atom stereocenters. The number of piperidine rings is 1. The molecule has 5 heteroatoms. The Kier molecular flexibility index (Phi) is 6.41. The first-order chi connectivity index (χ1) is 13.2. The second kappa shape index (κ2) is 8.96. The Morgan fingerprint density at radius 1 is 1.15 bits per heavy atom. The van der Waals surface area contributed by atoms with E-state index in [4.69, 9.17) is 0 Å². The van der Waals surface area contributed by atoms with Crippen molar-refractivity contribution in [3.8, 4) is 6.07 Å². The molecule has 1 aromatic carbocycles. The molecule has 0 aliphatic carbocycles. The summed E-state index contributed by atoms with van der Waals surface area (Å²) in [7, 11) is 0. The van der Waals surface area contributed by atoms with Crippen molar-refractivity contribution < 1.29 is 0 Å². The van der Waals surface area contributed by atoms with Gasteiger partial charge in [0.15, 0.2) is 5.82 Å². The van der Waals surface area contributed by atoms with Crippen LogP contribution in [-0.4, -0.2) is 34.2 Å². The quantitative estimate of drug-likeness (QED) is 0.844. The van der Waals surface area contributed by atoms with E-state index < -0.39 is 0 Å². The van der Waals surface area contributed by atoms with E-state index in [0.29, 0.717) is 17.4 Å². The Morgan fingerprint density at radius 2 is 1.89 bits per heavy atom. The minimum absolute atomic E-state index is 0.344. The third-order valence-corrected chi connectivity index (χ3v) is 5.54. The van der Waals surface area contributed by atoms with Gasteiger partial charge in [0.1, 0.15) is 11.6 Å². The normalized spacial score (nSPS) is 15.5. The summed E-state index contributed by atoms with van der Waals surface area (Å²) >= 11 is 0. The predicted octanol–water partition coefficient (Wildman–Crippen LogP) is 3.86. The van der Waals surface area contributed by atoms with E-state index in [1.165, 1.54) is 11.1 Å². The Balaban J connectivity index is 1.63. The molecule has 0 bridgehead atoms. The number of anilines is 1. The van der Waals surface area contributed by atoms with E-state index in [0.717, 1.165) is 56.6 Å². The highest BCUT2D eigenvalue weighted by molar-refractivity contribution is 5.57. The molecule has 1 saturated heterocycles. The zero-order valence-corrected chi connectivity index (χ0v) is 16.6. The molecule has 0 spiro atoms. The number of likely N-dealkylation sites (tertiary alicyclic amines) is 1. The van der Waals surface area contributed by atoms with Crippen LogP contribution in [0.4, 0.5) is 5.82 Å². The lowest BCUT2D eigenvalue weighted by Crippen LogP contribution is -2.39. The lowest BCUT2D eigenvalue weighted by Gasteiger charge is -2.33. The average molecular weight is 364 g/mol. The van der Waals surface area contributed by atoms with Gasteiger partial charge in [0.2, 0.25) is 0 Å². The number of aromatic nitrogens is 2. The van der Waals surface area contributed by atoms with Crippen LogP contribution in [0.5, 0.6) is 0 Å². The summed E-state index contributed by atoms with van der Waals surface area (Å²) in [6.45, 7) is 9.42. The molecule has 0 amide bonds. The third kappa shape index (κ3) is 4.45. The summed E-state index contributed by atoms with van der Waals surface area (Å²) in [5.74, 6) is 0.656. The molecule has 0 atom stereocenters. The molecule has 0 saturated carbocycles.